The molecule has 0 fully saturated rings. The SMILES string of the molecule is CCn1nc(C)cc1CC(O)Cc1cccnc1. The molecule has 0 aromatic carbocycles. The van der Waals surface area contributed by atoms with E-state index in [0.717, 1.165) is 23.5 Å². The van der Waals surface area contributed by atoms with Gasteiger partial charge in [0.25, 0.3) is 0 Å². The van der Waals surface area contributed by atoms with Crippen molar-refractivity contribution < 1.29 is 5.11 Å². The van der Waals surface area contributed by atoms with Crippen LogP contribution in [0.4, 0.5) is 0 Å². The van der Waals surface area contributed by atoms with Crippen LogP contribution in [0.3, 0.4) is 0 Å². The van der Waals surface area contributed by atoms with E-state index >= 15 is 0 Å². The molecule has 18 heavy (non-hydrogen) atoms. The monoisotopic (exact) mass is 245 g/mol. The molecule has 0 aliphatic rings. The van der Waals surface area contributed by atoms with Crippen molar-refractivity contribution in [1.82, 2.24) is 14.8 Å². The molecule has 1 unspecified atom stereocenters. The number of aryl methyl sites for hydroxylation is 2. The summed E-state index contributed by atoms with van der Waals surface area (Å²) in [7, 11) is 0. The minimum Gasteiger partial charge on any atom is -0.392 e. The number of pyridine rings is 1. The second kappa shape index (κ2) is 5.78. The summed E-state index contributed by atoms with van der Waals surface area (Å²) in [6, 6.07) is 5.91. The molecule has 1 atom stereocenters. The second-order valence-electron chi connectivity index (χ2n) is 4.52. The van der Waals surface area contributed by atoms with Gasteiger partial charge in [-0.2, -0.15) is 5.10 Å². The van der Waals surface area contributed by atoms with Crippen molar-refractivity contribution in [2.24, 2.45) is 0 Å². The van der Waals surface area contributed by atoms with Gasteiger partial charge < -0.3 is 5.11 Å². The number of rotatable bonds is 5. The van der Waals surface area contributed by atoms with E-state index in [1.165, 1.54) is 0 Å². The standard InChI is InChI=1S/C14H19N3O/c1-3-17-13(7-11(2)16-17)9-14(18)8-12-5-4-6-15-10-12/h4-7,10,14,18H,3,8-9H2,1-2H3. The van der Waals surface area contributed by atoms with Crippen LogP contribution in [-0.4, -0.2) is 26.0 Å². The molecular formula is C14H19N3O. The van der Waals surface area contributed by atoms with E-state index in [-0.39, 0.29) is 0 Å². The Hall–Kier alpha value is -1.68. The smallest absolute Gasteiger partial charge is 0.0636 e. The van der Waals surface area contributed by atoms with Gasteiger partial charge >= 0.3 is 0 Å². The lowest BCUT2D eigenvalue weighted by Crippen LogP contribution is -2.17. The molecule has 2 rings (SSSR count). The van der Waals surface area contributed by atoms with Crippen LogP contribution in [0.5, 0.6) is 0 Å². The highest BCUT2D eigenvalue weighted by molar-refractivity contribution is 5.13. The van der Waals surface area contributed by atoms with Crippen LogP contribution in [0.15, 0.2) is 30.6 Å². The van der Waals surface area contributed by atoms with E-state index in [1.54, 1.807) is 12.4 Å². The zero-order valence-corrected chi connectivity index (χ0v) is 10.9. The summed E-state index contributed by atoms with van der Waals surface area (Å²) in [6.45, 7) is 4.87. The summed E-state index contributed by atoms with van der Waals surface area (Å²) >= 11 is 0. The Morgan fingerprint density at radius 3 is 2.89 bits per heavy atom. The van der Waals surface area contributed by atoms with Gasteiger partial charge in [0.05, 0.1) is 11.8 Å². The van der Waals surface area contributed by atoms with Crippen molar-refractivity contribution >= 4 is 0 Å². The fourth-order valence-corrected chi connectivity index (χ4v) is 2.14. The number of aliphatic hydroxyl groups is 1. The minimum absolute atomic E-state index is 0.393. The van der Waals surface area contributed by atoms with Crippen molar-refractivity contribution in [1.29, 1.82) is 0 Å². The van der Waals surface area contributed by atoms with Crippen molar-refractivity contribution in [3.8, 4) is 0 Å². The van der Waals surface area contributed by atoms with Gasteiger partial charge in [-0.3, -0.25) is 9.67 Å². The Bertz CT molecular complexity index is 493. The van der Waals surface area contributed by atoms with Gasteiger partial charge in [0, 0.05) is 37.5 Å². The molecular weight excluding hydrogens is 226 g/mol. The minimum atomic E-state index is -0.393. The van der Waals surface area contributed by atoms with Crippen LogP contribution >= 0.6 is 0 Å². The Labute approximate surface area is 107 Å². The first-order valence-corrected chi connectivity index (χ1v) is 6.29. The number of aromatic nitrogens is 3. The van der Waals surface area contributed by atoms with Gasteiger partial charge in [-0.15, -0.1) is 0 Å². The fourth-order valence-electron chi connectivity index (χ4n) is 2.14. The molecule has 1 N–H and O–H groups in total. The largest absolute Gasteiger partial charge is 0.392 e. The number of hydrogen-bond donors (Lipinski definition) is 1. The molecule has 0 saturated heterocycles. The maximum Gasteiger partial charge on any atom is 0.0636 e. The Morgan fingerprint density at radius 1 is 1.39 bits per heavy atom. The van der Waals surface area contributed by atoms with Crippen LogP contribution in [0.25, 0.3) is 0 Å². The lowest BCUT2D eigenvalue weighted by atomic mass is 10.1. The zero-order chi connectivity index (χ0) is 13.0. The molecule has 0 radical (unpaired) electrons. The average molecular weight is 245 g/mol. The predicted molar refractivity (Wildman–Crippen MR) is 70.3 cm³/mol. The summed E-state index contributed by atoms with van der Waals surface area (Å²) in [4.78, 5) is 4.05. The van der Waals surface area contributed by atoms with Gasteiger partial charge in [0.15, 0.2) is 0 Å². The van der Waals surface area contributed by atoms with E-state index < -0.39 is 6.10 Å². The van der Waals surface area contributed by atoms with Gasteiger partial charge in [-0.05, 0) is 31.5 Å². The lowest BCUT2D eigenvalue weighted by molar-refractivity contribution is 0.172. The summed E-state index contributed by atoms with van der Waals surface area (Å²) in [6.07, 6.45) is 4.40. The molecule has 2 aromatic heterocycles. The van der Waals surface area contributed by atoms with Gasteiger partial charge in [-0.1, -0.05) is 6.07 Å². The van der Waals surface area contributed by atoms with Crippen molar-refractivity contribution in [2.75, 3.05) is 0 Å². The molecule has 0 aliphatic heterocycles. The van der Waals surface area contributed by atoms with E-state index in [4.69, 9.17) is 0 Å². The van der Waals surface area contributed by atoms with E-state index in [0.29, 0.717) is 12.8 Å². The summed E-state index contributed by atoms with van der Waals surface area (Å²) in [5.74, 6) is 0. The van der Waals surface area contributed by atoms with Gasteiger partial charge in [0.1, 0.15) is 0 Å². The van der Waals surface area contributed by atoms with Crippen LogP contribution in [0.2, 0.25) is 0 Å². The number of hydrogen-bond acceptors (Lipinski definition) is 3. The Morgan fingerprint density at radius 2 is 2.22 bits per heavy atom. The quantitative estimate of drug-likeness (QED) is 0.873. The molecule has 2 aromatic rings. The number of aliphatic hydroxyl groups excluding tert-OH is 1. The van der Waals surface area contributed by atoms with Crippen molar-refractivity contribution in [3.63, 3.8) is 0 Å². The second-order valence-corrected chi connectivity index (χ2v) is 4.52. The zero-order valence-electron chi connectivity index (χ0n) is 10.9. The van der Waals surface area contributed by atoms with Crippen molar-refractivity contribution in [2.45, 2.75) is 39.3 Å². The third-order valence-corrected chi connectivity index (χ3v) is 2.92. The lowest BCUT2D eigenvalue weighted by Gasteiger charge is -2.11. The van der Waals surface area contributed by atoms with Gasteiger partial charge in [0.2, 0.25) is 0 Å². The Balaban J connectivity index is 2.00. The van der Waals surface area contributed by atoms with E-state index in [2.05, 4.69) is 17.0 Å². The molecule has 0 saturated carbocycles. The van der Waals surface area contributed by atoms with E-state index in [9.17, 15) is 5.11 Å². The maximum absolute atomic E-state index is 10.1. The maximum atomic E-state index is 10.1. The molecule has 2 heterocycles. The molecule has 4 heteroatoms. The highest BCUT2D eigenvalue weighted by atomic mass is 16.3. The summed E-state index contributed by atoms with van der Waals surface area (Å²) in [5, 5.41) is 14.5. The van der Waals surface area contributed by atoms with Crippen LogP contribution < -0.4 is 0 Å². The highest BCUT2D eigenvalue weighted by Gasteiger charge is 2.11. The third-order valence-electron chi connectivity index (χ3n) is 2.92. The fraction of sp³-hybridized carbons (Fsp3) is 0.429. The first-order chi connectivity index (χ1) is 8.69. The van der Waals surface area contributed by atoms with Crippen LogP contribution in [-0.2, 0) is 19.4 Å². The molecule has 0 amide bonds. The average Bonchev–Trinajstić information content (AvgIpc) is 2.70. The first-order valence-electron chi connectivity index (χ1n) is 6.29. The first kappa shape index (κ1) is 12.8. The molecule has 0 aliphatic carbocycles. The van der Waals surface area contributed by atoms with Crippen LogP contribution in [0, 0.1) is 6.92 Å². The number of nitrogens with zero attached hydrogens (tertiary/aromatic N) is 3. The van der Waals surface area contributed by atoms with E-state index in [1.807, 2.05) is 29.8 Å². The molecule has 0 bridgehead atoms. The topological polar surface area (TPSA) is 50.9 Å². The molecule has 0 spiro atoms. The highest BCUT2D eigenvalue weighted by Crippen LogP contribution is 2.10. The normalized spacial score (nSPS) is 12.6. The summed E-state index contributed by atoms with van der Waals surface area (Å²) < 4.78 is 1.95. The third kappa shape index (κ3) is 3.17. The summed E-state index contributed by atoms with van der Waals surface area (Å²) in [5.41, 5.74) is 3.15. The Kier molecular flexibility index (Phi) is 4.10. The molecule has 96 valence electrons. The van der Waals surface area contributed by atoms with Crippen molar-refractivity contribution in [3.05, 3.63) is 47.5 Å². The van der Waals surface area contributed by atoms with Gasteiger partial charge in [-0.25, -0.2) is 0 Å². The van der Waals surface area contributed by atoms with Crippen LogP contribution in [0.1, 0.15) is 23.9 Å². The predicted octanol–water partition coefficient (Wildman–Crippen LogP) is 1.75. The molecule has 4 nitrogen and oxygen atoms in total.